The molecule has 0 radical (unpaired) electrons. The van der Waals surface area contributed by atoms with Crippen LogP contribution in [0.5, 0.6) is 0 Å². The summed E-state index contributed by atoms with van der Waals surface area (Å²) in [6, 6.07) is 3.74. The Morgan fingerprint density at radius 2 is 2.50 bits per heavy atom. The zero-order chi connectivity index (χ0) is 13.0. The fourth-order valence-corrected chi connectivity index (χ4v) is 2.32. The summed E-state index contributed by atoms with van der Waals surface area (Å²) in [6.45, 7) is 3.89. The summed E-state index contributed by atoms with van der Waals surface area (Å²) in [5.74, 6) is 0.608. The Morgan fingerprint density at radius 3 is 3.22 bits per heavy atom. The molecular formula is C13H20N4O. The van der Waals surface area contributed by atoms with Gasteiger partial charge in [-0.15, -0.1) is 0 Å². The van der Waals surface area contributed by atoms with Crippen LogP contribution in [0.25, 0.3) is 0 Å². The summed E-state index contributed by atoms with van der Waals surface area (Å²) < 4.78 is 0. The molecule has 0 aromatic carbocycles. The van der Waals surface area contributed by atoms with Gasteiger partial charge in [0.15, 0.2) is 0 Å². The van der Waals surface area contributed by atoms with Gasteiger partial charge in [0, 0.05) is 31.0 Å². The molecule has 18 heavy (non-hydrogen) atoms. The molecule has 1 aliphatic heterocycles. The van der Waals surface area contributed by atoms with Crippen LogP contribution in [0, 0.1) is 0 Å². The predicted octanol–water partition coefficient (Wildman–Crippen LogP) is 1.36. The molecule has 1 amide bonds. The van der Waals surface area contributed by atoms with Crippen LogP contribution < -0.4 is 16.0 Å². The standard InChI is InChI=1S/C13H20N4O/c1-2-6-15-12-9-10(5-7-16-12)17-8-3-4-11(17)13(14)18/h5,7,9,11H,2-4,6,8H2,1H3,(H2,14,18)(H,15,16). The molecule has 1 aromatic rings. The van der Waals surface area contributed by atoms with Crippen molar-refractivity contribution < 1.29 is 4.79 Å². The van der Waals surface area contributed by atoms with E-state index in [1.54, 1.807) is 6.20 Å². The first-order valence-corrected chi connectivity index (χ1v) is 6.48. The second kappa shape index (κ2) is 5.71. The molecule has 2 rings (SSSR count). The van der Waals surface area contributed by atoms with Gasteiger partial charge >= 0.3 is 0 Å². The minimum Gasteiger partial charge on any atom is -0.370 e. The quantitative estimate of drug-likeness (QED) is 0.825. The third-order valence-corrected chi connectivity index (χ3v) is 3.21. The summed E-state index contributed by atoms with van der Waals surface area (Å²) in [5.41, 5.74) is 6.45. The minimum atomic E-state index is -0.243. The molecule has 98 valence electrons. The van der Waals surface area contributed by atoms with Crippen molar-refractivity contribution in [1.29, 1.82) is 0 Å². The smallest absolute Gasteiger partial charge is 0.240 e. The minimum absolute atomic E-state index is 0.175. The average molecular weight is 248 g/mol. The maximum absolute atomic E-state index is 11.4. The molecule has 1 aliphatic rings. The van der Waals surface area contributed by atoms with Crippen molar-refractivity contribution in [3.8, 4) is 0 Å². The largest absolute Gasteiger partial charge is 0.370 e. The second-order valence-electron chi connectivity index (χ2n) is 4.58. The van der Waals surface area contributed by atoms with Crippen LogP contribution in [-0.2, 0) is 4.79 Å². The maximum atomic E-state index is 11.4. The van der Waals surface area contributed by atoms with Crippen LogP contribution in [0.2, 0.25) is 0 Å². The summed E-state index contributed by atoms with van der Waals surface area (Å²) >= 11 is 0. The molecule has 0 bridgehead atoms. The number of nitrogens with two attached hydrogens (primary N) is 1. The first-order chi connectivity index (χ1) is 8.72. The first kappa shape index (κ1) is 12.7. The third kappa shape index (κ3) is 2.72. The van der Waals surface area contributed by atoms with Crippen molar-refractivity contribution in [3.05, 3.63) is 18.3 Å². The number of nitrogens with zero attached hydrogens (tertiary/aromatic N) is 2. The zero-order valence-electron chi connectivity index (χ0n) is 10.7. The van der Waals surface area contributed by atoms with E-state index >= 15 is 0 Å². The van der Waals surface area contributed by atoms with Crippen molar-refractivity contribution in [2.24, 2.45) is 5.73 Å². The Balaban J connectivity index is 2.14. The van der Waals surface area contributed by atoms with Gasteiger partial charge in [-0.2, -0.15) is 0 Å². The van der Waals surface area contributed by atoms with E-state index in [2.05, 4.69) is 22.1 Å². The highest BCUT2D eigenvalue weighted by molar-refractivity contribution is 5.84. The van der Waals surface area contributed by atoms with Crippen LogP contribution in [0.15, 0.2) is 18.3 Å². The topological polar surface area (TPSA) is 71.2 Å². The molecule has 0 saturated carbocycles. The van der Waals surface area contributed by atoms with Crippen molar-refractivity contribution in [1.82, 2.24) is 4.98 Å². The number of anilines is 2. The van der Waals surface area contributed by atoms with E-state index in [1.807, 2.05) is 12.1 Å². The molecule has 1 unspecified atom stereocenters. The van der Waals surface area contributed by atoms with Crippen molar-refractivity contribution in [2.75, 3.05) is 23.3 Å². The molecule has 0 aliphatic carbocycles. The Hall–Kier alpha value is -1.78. The lowest BCUT2D eigenvalue weighted by molar-refractivity contribution is -0.119. The fraction of sp³-hybridized carbons (Fsp3) is 0.538. The Bertz CT molecular complexity index is 421. The Labute approximate surface area is 107 Å². The van der Waals surface area contributed by atoms with Crippen LogP contribution >= 0.6 is 0 Å². The molecule has 1 atom stereocenters. The summed E-state index contributed by atoms with van der Waals surface area (Å²) in [6.07, 6.45) is 4.67. The fourth-order valence-electron chi connectivity index (χ4n) is 2.32. The van der Waals surface area contributed by atoms with Crippen molar-refractivity contribution in [2.45, 2.75) is 32.2 Å². The number of aromatic nitrogens is 1. The highest BCUT2D eigenvalue weighted by Gasteiger charge is 2.29. The monoisotopic (exact) mass is 248 g/mol. The van der Waals surface area contributed by atoms with E-state index in [0.717, 1.165) is 43.9 Å². The van der Waals surface area contributed by atoms with E-state index < -0.39 is 0 Å². The number of pyridine rings is 1. The lowest BCUT2D eigenvalue weighted by Gasteiger charge is -2.24. The third-order valence-electron chi connectivity index (χ3n) is 3.21. The molecule has 2 heterocycles. The molecule has 1 saturated heterocycles. The van der Waals surface area contributed by atoms with Crippen molar-refractivity contribution in [3.63, 3.8) is 0 Å². The van der Waals surface area contributed by atoms with Gasteiger partial charge in [0.2, 0.25) is 5.91 Å². The molecular weight excluding hydrogens is 228 g/mol. The number of hydrogen-bond donors (Lipinski definition) is 2. The highest BCUT2D eigenvalue weighted by Crippen LogP contribution is 2.26. The van der Waals surface area contributed by atoms with E-state index in [-0.39, 0.29) is 11.9 Å². The summed E-state index contributed by atoms with van der Waals surface area (Å²) in [7, 11) is 0. The number of amides is 1. The van der Waals surface area contributed by atoms with Gasteiger partial charge in [0.05, 0.1) is 0 Å². The predicted molar refractivity (Wildman–Crippen MR) is 72.6 cm³/mol. The highest BCUT2D eigenvalue weighted by atomic mass is 16.1. The summed E-state index contributed by atoms with van der Waals surface area (Å²) in [4.78, 5) is 17.7. The van der Waals surface area contributed by atoms with Gasteiger partial charge in [-0.1, -0.05) is 6.92 Å². The molecule has 5 nitrogen and oxygen atoms in total. The van der Waals surface area contributed by atoms with E-state index in [4.69, 9.17) is 5.73 Å². The zero-order valence-corrected chi connectivity index (χ0v) is 10.7. The number of hydrogen-bond acceptors (Lipinski definition) is 4. The van der Waals surface area contributed by atoms with Gasteiger partial charge in [0.1, 0.15) is 11.9 Å². The number of primary amides is 1. The van der Waals surface area contributed by atoms with E-state index in [9.17, 15) is 4.79 Å². The van der Waals surface area contributed by atoms with Gasteiger partial charge in [-0.05, 0) is 25.3 Å². The Morgan fingerprint density at radius 1 is 1.67 bits per heavy atom. The van der Waals surface area contributed by atoms with Crippen LogP contribution in [0.1, 0.15) is 26.2 Å². The molecule has 1 aromatic heterocycles. The van der Waals surface area contributed by atoms with Crippen LogP contribution in [0.4, 0.5) is 11.5 Å². The van der Waals surface area contributed by atoms with Crippen molar-refractivity contribution >= 4 is 17.4 Å². The average Bonchev–Trinajstić information content (AvgIpc) is 2.86. The van der Waals surface area contributed by atoms with Gasteiger partial charge in [-0.25, -0.2) is 4.98 Å². The molecule has 3 N–H and O–H groups in total. The van der Waals surface area contributed by atoms with Gasteiger partial charge in [-0.3, -0.25) is 4.79 Å². The van der Waals surface area contributed by atoms with Crippen LogP contribution in [-0.4, -0.2) is 30.0 Å². The van der Waals surface area contributed by atoms with Crippen LogP contribution in [0.3, 0.4) is 0 Å². The number of carbonyl (C=O) groups is 1. The number of rotatable bonds is 5. The lowest BCUT2D eigenvalue weighted by Crippen LogP contribution is -2.40. The molecule has 5 heteroatoms. The SMILES string of the molecule is CCCNc1cc(N2CCCC2C(N)=O)ccn1. The van der Waals surface area contributed by atoms with Gasteiger partial charge in [0.25, 0.3) is 0 Å². The van der Waals surface area contributed by atoms with E-state index in [0.29, 0.717) is 0 Å². The van der Waals surface area contributed by atoms with Gasteiger partial charge < -0.3 is 16.0 Å². The molecule has 1 fully saturated rings. The number of nitrogens with one attached hydrogen (secondary N) is 1. The Kier molecular flexibility index (Phi) is 4.02. The van der Waals surface area contributed by atoms with E-state index in [1.165, 1.54) is 0 Å². The first-order valence-electron chi connectivity index (χ1n) is 6.48. The summed E-state index contributed by atoms with van der Waals surface area (Å²) in [5, 5.41) is 3.25. The maximum Gasteiger partial charge on any atom is 0.240 e. The lowest BCUT2D eigenvalue weighted by atomic mass is 10.2. The molecule has 0 spiro atoms. The second-order valence-corrected chi connectivity index (χ2v) is 4.58. The normalized spacial score (nSPS) is 18.9. The number of carbonyl (C=O) groups excluding carboxylic acids is 1.